The van der Waals surface area contributed by atoms with Crippen LogP contribution in [-0.4, -0.2) is 19.0 Å². The molecule has 0 unspecified atom stereocenters. The number of para-hydroxylation sites is 2. The van der Waals surface area contributed by atoms with Crippen LogP contribution in [0.1, 0.15) is 31.9 Å². The molecule has 3 nitrogen and oxygen atoms in total. The highest BCUT2D eigenvalue weighted by atomic mass is 16.5. The Kier molecular flexibility index (Phi) is 3.65. The summed E-state index contributed by atoms with van der Waals surface area (Å²) in [6, 6.07) is 16.2. The number of anilines is 1. The summed E-state index contributed by atoms with van der Waals surface area (Å²) in [5.74, 6) is 1.38. The van der Waals surface area contributed by atoms with E-state index in [0.717, 1.165) is 17.0 Å². The Bertz CT molecular complexity index is 683. The van der Waals surface area contributed by atoms with E-state index in [2.05, 4.69) is 32.9 Å². The first-order valence-electron chi connectivity index (χ1n) is 7.65. The maximum absolute atomic E-state index is 8.55. The SMILES string of the molecule is CC(C)(C)c1ccc(C(=N)N2CCOc3ccccc32)cc1. The van der Waals surface area contributed by atoms with Crippen LogP contribution in [0.25, 0.3) is 0 Å². The van der Waals surface area contributed by atoms with Crippen LogP contribution in [0, 0.1) is 5.41 Å². The number of nitrogens with one attached hydrogen (secondary N) is 1. The summed E-state index contributed by atoms with van der Waals surface area (Å²) in [5.41, 5.74) is 3.32. The lowest BCUT2D eigenvalue weighted by molar-refractivity contribution is 0.315. The summed E-state index contributed by atoms with van der Waals surface area (Å²) in [6.07, 6.45) is 0. The van der Waals surface area contributed by atoms with Gasteiger partial charge in [-0.1, -0.05) is 57.2 Å². The van der Waals surface area contributed by atoms with Gasteiger partial charge in [0, 0.05) is 5.56 Å². The predicted octanol–water partition coefficient (Wildman–Crippen LogP) is 4.21. The predicted molar refractivity (Wildman–Crippen MR) is 91.3 cm³/mol. The molecule has 0 fully saturated rings. The van der Waals surface area contributed by atoms with Gasteiger partial charge in [-0.3, -0.25) is 5.41 Å². The highest BCUT2D eigenvalue weighted by Gasteiger charge is 2.22. The van der Waals surface area contributed by atoms with Crippen molar-refractivity contribution < 1.29 is 4.74 Å². The summed E-state index contributed by atoms with van der Waals surface area (Å²) in [6.45, 7) is 7.92. The average Bonchev–Trinajstić information content (AvgIpc) is 2.53. The molecule has 1 N–H and O–H groups in total. The number of benzene rings is 2. The zero-order valence-corrected chi connectivity index (χ0v) is 13.4. The van der Waals surface area contributed by atoms with Crippen LogP contribution in [0.15, 0.2) is 48.5 Å². The molecule has 1 aliphatic heterocycles. The average molecular weight is 294 g/mol. The fourth-order valence-corrected chi connectivity index (χ4v) is 2.69. The highest BCUT2D eigenvalue weighted by Crippen LogP contribution is 2.32. The maximum Gasteiger partial charge on any atom is 0.143 e. The normalized spacial score (nSPS) is 14.2. The van der Waals surface area contributed by atoms with Crippen molar-refractivity contribution in [3.63, 3.8) is 0 Å². The third kappa shape index (κ3) is 2.71. The summed E-state index contributed by atoms with van der Waals surface area (Å²) < 4.78 is 5.67. The lowest BCUT2D eigenvalue weighted by Gasteiger charge is -2.31. The van der Waals surface area contributed by atoms with Gasteiger partial charge >= 0.3 is 0 Å². The van der Waals surface area contributed by atoms with Crippen molar-refractivity contribution in [2.45, 2.75) is 26.2 Å². The Morgan fingerprint density at radius 1 is 1.05 bits per heavy atom. The highest BCUT2D eigenvalue weighted by molar-refractivity contribution is 6.08. The van der Waals surface area contributed by atoms with Crippen molar-refractivity contribution in [3.8, 4) is 5.75 Å². The van der Waals surface area contributed by atoms with Gasteiger partial charge in [0.25, 0.3) is 0 Å². The zero-order chi connectivity index (χ0) is 15.7. The van der Waals surface area contributed by atoms with Gasteiger partial charge in [-0.25, -0.2) is 0 Å². The molecule has 0 atom stereocenters. The lowest BCUT2D eigenvalue weighted by Crippen LogP contribution is -2.38. The second-order valence-corrected chi connectivity index (χ2v) is 6.64. The van der Waals surface area contributed by atoms with Crippen LogP contribution >= 0.6 is 0 Å². The van der Waals surface area contributed by atoms with E-state index in [0.29, 0.717) is 19.0 Å². The number of hydrogen-bond donors (Lipinski definition) is 1. The summed E-state index contributed by atoms with van der Waals surface area (Å²) in [7, 11) is 0. The second-order valence-electron chi connectivity index (χ2n) is 6.64. The van der Waals surface area contributed by atoms with Crippen LogP contribution in [-0.2, 0) is 5.41 Å². The lowest BCUT2D eigenvalue weighted by atomic mass is 9.86. The van der Waals surface area contributed by atoms with E-state index in [1.54, 1.807) is 0 Å². The van der Waals surface area contributed by atoms with Gasteiger partial charge in [0.1, 0.15) is 18.2 Å². The van der Waals surface area contributed by atoms with Crippen molar-refractivity contribution in [2.24, 2.45) is 0 Å². The van der Waals surface area contributed by atoms with Crippen LogP contribution in [0.2, 0.25) is 0 Å². The number of fused-ring (bicyclic) bond motifs is 1. The molecule has 0 aliphatic carbocycles. The van der Waals surface area contributed by atoms with Crippen LogP contribution < -0.4 is 9.64 Å². The standard InChI is InChI=1S/C19H22N2O/c1-19(2,3)15-10-8-14(9-11-15)18(20)21-12-13-22-17-7-5-4-6-16(17)21/h4-11,20H,12-13H2,1-3H3. The van der Waals surface area contributed by atoms with Crippen LogP contribution in [0.5, 0.6) is 5.75 Å². The Hall–Kier alpha value is -2.29. The largest absolute Gasteiger partial charge is 0.490 e. The first-order chi connectivity index (χ1) is 10.5. The van der Waals surface area contributed by atoms with Gasteiger partial charge in [-0.05, 0) is 23.1 Å². The van der Waals surface area contributed by atoms with Crippen molar-refractivity contribution in [1.29, 1.82) is 5.41 Å². The van der Waals surface area contributed by atoms with Crippen molar-refractivity contribution in [2.75, 3.05) is 18.1 Å². The van der Waals surface area contributed by atoms with E-state index < -0.39 is 0 Å². The van der Waals surface area contributed by atoms with Crippen LogP contribution in [0.4, 0.5) is 5.69 Å². The number of hydrogen-bond acceptors (Lipinski definition) is 2. The van der Waals surface area contributed by atoms with E-state index in [-0.39, 0.29) is 5.41 Å². The van der Waals surface area contributed by atoms with E-state index in [1.807, 2.05) is 41.3 Å². The molecule has 1 aliphatic rings. The Labute approximate surface area is 132 Å². The van der Waals surface area contributed by atoms with Gasteiger partial charge in [0.15, 0.2) is 0 Å². The third-order valence-corrected chi connectivity index (χ3v) is 4.02. The molecule has 0 saturated carbocycles. The Morgan fingerprint density at radius 3 is 2.41 bits per heavy atom. The van der Waals surface area contributed by atoms with Gasteiger partial charge < -0.3 is 9.64 Å². The molecule has 0 radical (unpaired) electrons. The minimum atomic E-state index is 0.131. The molecule has 114 valence electrons. The van der Waals surface area contributed by atoms with Crippen molar-refractivity contribution in [1.82, 2.24) is 0 Å². The molecule has 0 bridgehead atoms. The molecule has 2 aromatic rings. The van der Waals surface area contributed by atoms with E-state index >= 15 is 0 Å². The number of nitrogens with zero attached hydrogens (tertiary/aromatic N) is 1. The molecule has 0 spiro atoms. The number of ether oxygens (including phenoxy) is 1. The minimum absolute atomic E-state index is 0.131. The molecule has 1 heterocycles. The van der Waals surface area contributed by atoms with Gasteiger partial charge in [0.05, 0.1) is 12.2 Å². The minimum Gasteiger partial charge on any atom is -0.490 e. The number of rotatable bonds is 1. The molecule has 3 heteroatoms. The molecule has 0 aromatic heterocycles. The zero-order valence-electron chi connectivity index (χ0n) is 13.4. The third-order valence-electron chi connectivity index (χ3n) is 4.02. The van der Waals surface area contributed by atoms with Crippen LogP contribution in [0.3, 0.4) is 0 Å². The molecular weight excluding hydrogens is 272 g/mol. The summed E-state index contributed by atoms with van der Waals surface area (Å²) in [5, 5.41) is 8.55. The van der Waals surface area contributed by atoms with E-state index in [4.69, 9.17) is 10.1 Å². The number of amidine groups is 1. The Balaban J connectivity index is 1.89. The van der Waals surface area contributed by atoms with Crippen molar-refractivity contribution in [3.05, 3.63) is 59.7 Å². The summed E-state index contributed by atoms with van der Waals surface area (Å²) in [4.78, 5) is 2.02. The molecule has 0 saturated heterocycles. The van der Waals surface area contributed by atoms with E-state index in [9.17, 15) is 0 Å². The first-order valence-corrected chi connectivity index (χ1v) is 7.65. The smallest absolute Gasteiger partial charge is 0.143 e. The van der Waals surface area contributed by atoms with Crippen molar-refractivity contribution >= 4 is 11.5 Å². The monoisotopic (exact) mass is 294 g/mol. The fourth-order valence-electron chi connectivity index (χ4n) is 2.69. The topological polar surface area (TPSA) is 36.3 Å². The molecule has 2 aromatic carbocycles. The Morgan fingerprint density at radius 2 is 1.73 bits per heavy atom. The quantitative estimate of drug-likeness (QED) is 0.632. The second kappa shape index (κ2) is 5.48. The molecular formula is C19H22N2O. The molecule has 22 heavy (non-hydrogen) atoms. The first kappa shape index (κ1) is 14.6. The van der Waals surface area contributed by atoms with Gasteiger partial charge in [0.2, 0.25) is 0 Å². The molecule has 0 amide bonds. The summed E-state index contributed by atoms with van der Waals surface area (Å²) >= 11 is 0. The van der Waals surface area contributed by atoms with Gasteiger partial charge in [-0.15, -0.1) is 0 Å². The van der Waals surface area contributed by atoms with Gasteiger partial charge in [-0.2, -0.15) is 0 Å². The maximum atomic E-state index is 8.55. The fraction of sp³-hybridized carbons (Fsp3) is 0.316. The molecule has 3 rings (SSSR count). The van der Waals surface area contributed by atoms with E-state index in [1.165, 1.54) is 5.56 Å².